The van der Waals surface area contributed by atoms with E-state index in [-0.39, 0.29) is 16.8 Å². The zero-order valence-electron chi connectivity index (χ0n) is 22.2. The van der Waals surface area contributed by atoms with Crippen LogP contribution in [-0.4, -0.2) is 42.3 Å². The number of aromatic amines is 1. The largest absolute Gasteiger partial charge is 0.336 e. The molecule has 3 heterocycles. The molecule has 11 heteroatoms. The van der Waals surface area contributed by atoms with E-state index in [0.717, 1.165) is 11.8 Å². The summed E-state index contributed by atoms with van der Waals surface area (Å²) in [5.74, 6) is -0.930. The molecule has 1 N–H and O–H groups in total. The third-order valence-electron chi connectivity index (χ3n) is 6.22. The summed E-state index contributed by atoms with van der Waals surface area (Å²) in [4.78, 5) is 14.6. The highest BCUT2D eigenvalue weighted by Gasteiger charge is 2.39. The number of nitrogens with zero attached hydrogens (tertiary/aromatic N) is 4. The van der Waals surface area contributed by atoms with Gasteiger partial charge in [-0.25, -0.2) is 23.8 Å². The number of imidazole rings is 1. The first-order valence-corrected chi connectivity index (χ1v) is 14.2. The first-order valence-electron chi connectivity index (χ1n) is 12.4. The number of rotatable bonds is 6. The molecule has 0 radical (unpaired) electrons. The van der Waals surface area contributed by atoms with Crippen LogP contribution in [0.25, 0.3) is 34.0 Å². The van der Waals surface area contributed by atoms with Gasteiger partial charge in [-0.05, 0) is 36.6 Å². The van der Waals surface area contributed by atoms with Crippen molar-refractivity contribution in [2.45, 2.75) is 33.9 Å². The van der Waals surface area contributed by atoms with Crippen molar-refractivity contribution in [3.05, 3.63) is 72.3 Å². The van der Waals surface area contributed by atoms with Crippen LogP contribution in [0, 0.1) is 17.0 Å². The van der Waals surface area contributed by atoms with Crippen LogP contribution in [0.1, 0.15) is 27.7 Å². The van der Waals surface area contributed by atoms with E-state index in [4.69, 9.17) is 9.27 Å². The maximum absolute atomic E-state index is 14.7. The summed E-state index contributed by atoms with van der Waals surface area (Å²) in [5, 5.41) is 1.33. The van der Waals surface area contributed by atoms with Crippen molar-refractivity contribution in [3.8, 4) is 34.0 Å². The Bertz CT molecular complexity index is 1610. The smallest absolute Gasteiger partial charge is 0.285 e. The molecule has 4 aromatic rings. The van der Waals surface area contributed by atoms with E-state index in [1.54, 1.807) is 12.1 Å². The van der Waals surface area contributed by atoms with Gasteiger partial charge in [0, 0.05) is 12.1 Å². The number of nitrogens with one attached hydrogen (secondary N) is 1. The van der Waals surface area contributed by atoms with Crippen LogP contribution in [0.5, 0.6) is 0 Å². The molecule has 8 nitrogen and oxygen atoms in total. The Morgan fingerprint density at radius 3 is 2.26 bits per heavy atom. The fourth-order valence-electron chi connectivity index (χ4n) is 4.64. The number of H-pyrrole nitrogens is 1. The van der Waals surface area contributed by atoms with Gasteiger partial charge < -0.3 is 9.88 Å². The predicted octanol–water partition coefficient (Wildman–Crippen LogP) is 5.99. The van der Waals surface area contributed by atoms with E-state index < -0.39 is 27.9 Å². The molecule has 0 fully saturated rings. The van der Waals surface area contributed by atoms with Gasteiger partial charge in [0.2, 0.25) is 0 Å². The first-order chi connectivity index (χ1) is 18.3. The van der Waals surface area contributed by atoms with Gasteiger partial charge >= 0.3 is 0 Å². The fraction of sp³-hybridized carbons (Fsp3) is 0.286. The Balaban J connectivity index is 1.69. The Morgan fingerprint density at radius 2 is 1.64 bits per heavy atom. The van der Waals surface area contributed by atoms with Crippen LogP contribution in [0.2, 0.25) is 0 Å². The average Bonchev–Trinajstić information content (AvgIpc) is 3.38. The SMILES string of the molecule is CC1N(CC(C)(C)C)c2nc(-c3[nH]c(-c4c(F)cccc4F)nc3-c3ccccc3)ccc2N1OS(C)(=O)=O. The highest BCUT2D eigenvalue weighted by molar-refractivity contribution is 7.86. The van der Waals surface area contributed by atoms with Gasteiger partial charge in [-0.3, -0.25) is 0 Å². The second-order valence-electron chi connectivity index (χ2n) is 10.7. The second-order valence-corrected chi connectivity index (χ2v) is 12.3. The van der Waals surface area contributed by atoms with Crippen molar-refractivity contribution in [1.82, 2.24) is 15.0 Å². The summed E-state index contributed by atoms with van der Waals surface area (Å²) in [5.41, 5.74) is 2.21. The minimum absolute atomic E-state index is 0.0312. The molecular weight excluding hydrogens is 524 g/mol. The highest BCUT2D eigenvalue weighted by atomic mass is 32.2. The van der Waals surface area contributed by atoms with Gasteiger partial charge in [0.15, 0.2) is 5.82 Å². The van der Waals surface area contributed by atoms with Crippen molar-refractivity contribution in [2.24, 2.45) is 5.41 Å². The van der Waals surface area contributed by atoms with Gasteiger partial charge in [-0.1, -0.05) is 57.2 Å². The summed E-state index contributed by atoms with van der Waals surface area (Å²) in [7, 11) is -3.81. The van der Waals surface area contributed by atoms with E-state index in [1.165, 1.54) is 23.3 Å². The number of fused-ring (bicyclic) bond motifs is 1. The Morgan fingerprint density at radius 1 is 0.974 bits per heavy atom. The Labute approximate surface area is 226 Å². The van der Waals surface area contributed by atoms with Gasteiger partial charge in [0.05, 0.1) is 28.9 Å². The highest BCUT2D eigenvalue weighted by Crippen LogP contribution is 2.43. The van der Waals surface area contributed by atoms with Gasteiger partial charge in [-0.15, -0.1) is 4.28 Å². The summed E-state index contributed by atoms with van der Waals surface area (Å²) < 4.78 is 58.8. The van der Waals surface area contributed by atoms with Crippen LogP contribution >= 0.6 is 0 Å². The van der Waals surface area contributed by atoms with E-state index in [0.29, 0.717) is 35.1 Å². The Kier molecular flexibility index (Phi) is 6.68. The molecule has 2 aromatic carbocycles. The van der Waals surface area contributed by atoms with Crippen LogP contribution in [0.3, 0.4) is 0 Å². The molecule has 0 aliphatic carbocycles. The van der Waals surface area contributed by atoms with Crippen LogP contribution < -0.4 is 9.96 Å². The topological polar surface area (TPSA) is 91.4 Å². The normalized spacial score (nSPS) is 15.6. The molecule has 1 aliphatic rings. The maximum atomic E-state index is 14.7. The third kappa shape index (κ3) is 5.37. The monoisotopic (exact) mass is 553 g/mol. The molecule has 5 rings (SSSR count). The molecule has 1 aliphatic heterocycles. The number of aromatic nitrogens is 3. The van der Waals surface area contributed by atoms with Crippen molar-refractivity contribution in [2.75, 3.05) is 22.8 Å². The van der Waals surface area contributed by atoms with Gasteiger partial charge in [0.25, 0.3) is 10.1 Å². The first kappa shape index (κ1) is 26.8. The lowest BCUT2D eigenvalue weighted by atomic mass is 9.96. The summed E-state index contributed by atoms with van der Waals surface area (Å²) in [6.45, 7) is 8.60. The average molecular weight is 554 g/mol. The lowest BCUT2D eigenvalue weighted by molar-refractivity contribution is 0.254. The molecule has 0 saturated carbocycles. The zero-order valence-corrected chi connectivity index (χ0v) is 23.1. The molecule has 39 heavy (non-hydrogen) atoms. The number of pyridine rings is 1. The quantitative estimate of drug-likeness (QED) is 0.313. The second kappa shape index (κ2) is 9.73. The minimum atomic E-state index is -3.81. The van der Waals surface area contributed by atoms with E-state index in [1.807, 2.05) is 42.2 Å². The van der Waals surface area contributed by atoms with E-state index in [9.17, 15) is 17.2 Å². The molecule has 0 saturated heterocycles. The lowest BCUT2D eigenvalue weighted by Gasteiger charge is -2.32. The van der Waals surface area contributed by atoms with Crippen LogP contribution in [0.4, 0.5) is 20.3 Å². The molecule has 2 aromatic heterocycles. The minimum Gasteiger partial charge on any atom is -0.336 e. The van der Waals surface area contributed by atoms with Gasteiger partial charge in [-0.2, -0.15) is 8.42 Å². The third-order valence-corrected chi connectivity index (χ3v) is 6.65. The molecule has 204 valence electrons. The molecule has 0 bridgehead atoms. The fourth-order valence-corrected chi connectivity index (χ4v) is 5.14. The standard InChI is InChI=1S/C28H29F2N5O3S/c1-17-34(16-28(2,3)4)27-22(35(17)38-39(5,36)37)15-14-21(31-27)25-24(18-10-7-6-8-11-18)32-26(33-25)23-19(29)12-9-13-20(23)30/h6-15,17H,16H2,1-5H3,(H,32,33). The maximum Gasteiger partial charge on any atom is 0.285 e. The predicted molar refractivity (Wildman–Crippen MR) is 147 cm³/mol. The summed E-state index contributed by atoms with van der Waals surface area (Å²) >= 11 is 0. The van der Waals surface area contributed by atoms with Crippen molar-refractivity contribution < 1.29 is 21.5 Å². The molecule has 0 spiro atoms. The molecule has 1 unspecified atom stereocenters. The number of halogens is 2. The molecular formula is C28H29F2N5O3S. The van der Waals surface area contributed by atoms with Crippen LogP contribution in [-0.2, 0) is 14.4 Å². The number of hydroxylamine groups is 1. The van der Waals surface area contributed by atoms with Crippen LogP contribution in [0.15, 0.2) is 60.7 Å². The van der Waals surface area contributed by atoms with Gasteiger partial charge in [0.1, 0.15) is 29.3 Å². The molecule has 0 amide bonds. The number of hydrogen-bond donors (Lipinski definition) is 1. The lowest BCUT2D eigenvalue weighted by Crippen LogP contribution is -2.45. The summed E-state index contributed by atoms with van der Waals surface area (Å²) in [6.07, 6.45) is 0.531. The van der Waals surface area contributed by atoms with Crippen molar-refractivity contribution >= 4 is 21.6 Å². The van der Waals surface area contributed by atoms with E-state index >= 15 is 0 Å². The number of benzene rings is 2. The Hall–Kier alpha value is -3.83. The van der Waals surface area contributed by atoms with Crippen molar-refractivity contribution in [1.29, 1.82) is 0 Å². The number of anilines is 2. The number of hydrogen-bond acceptors (Lipinski definition) is 7. The van der Waals surface area contributed by atoms with E-state index in [2.05, 4.69) is 30.7 Å². The zero-order chi connectivity index (χ0) is 28.1. The summed E-state index contributed by atoms with van der Waals surface area (Å²) in [6, 6.07) is 16.3. The molecule has 1 atom stereocenters. The van der Waals surface area contributed by atoms with Crippen molar-refractivity contribution in [3.63, 3.8) is 0 Å².